The highest BCUT2D eigenvalue weighted by atomic mass is 16.8. The van der Waals surface area contributed by atoms with Crippen LogP contribution < -0.4 is 5.32 Å². The predicted molar refractivity (Wildman–Crippen MR) is 270 cm³/mol. The summed E-state index contributed by atoms with van der Waals surface area (Å²) < 4.78 is 61.7. The van der Waals surface area contributed by atoms with E-state index in [1.807, 2.05) is 12.1 Å². The van der Waals surface area contributed by atoms with Crippen molar-refractivity contribution in [2.75, 3.05) is 39.6 Å². The lowest BCUT2D eigenvalue weighted by Crippen LogP contribution is -2.60. The van der Waals surface area contributed by atoms with Crippen LogP contribution in [0, 0.1) is 0 Å². The molecular formula is C53H74N4O21. The molecule has 3 aromatic carbocycles. The van der Waals surface area contributed by atoms with Crippen LogP contribution >= 0.6 is 0 Å². The van der Waals surface area contributed by atoms with Gasteiger partial charge in [-0.2, -0.15) is 0 Å². The number of carbonyl (C=O) groups is 1. The SMILES string of the molecule is CC(=O)NC(C(O)OC1C(O)C(O/C(=C(\OCc2ccccc2)C(O)OCCCCCN=[N+]=[N-])C2CCOC(c3ccccc3)O2)OC1[C@H](O)CO)C(O[C@H](O)[C@@H](O)CC(O)C[C@H](O)CO)C1CCOC(c2ccccc2)O1. The molecule has 0 aromatic heterocycles. The van der Waals surface area contributed by atoms with Crippen molar-refractivity contribution >= 4 is 5.91 Å². The molecule has 11 N–H and O–H groups in total. The van der Waals surface area contributed by atoms with Crippen molar-refractivity contribution in [3.63, 3.8) is 0 Å². The van der Waals surface area contributed by atoms with Crippen LogP contribution in [0.1, 0.15) is 81.1 Å². The van der Waals surface area contributed by atoms with Gasteiger partial charge in [0.15, 0.2) is 36.7 Å². The molecule has 0 bridgehead atoms. The number of amides is 1. The number of aliphatic hydroxyl groups excluding tert-OH is 10. The normalized spacial score (nSPS) is 26.4. The first-order valence-electron chi connectivity index (χ1n) is 25.9. The van der Waals surface area contributed by atoms with Crippen molar-refractivity contribution in [3.8, 4) is 0 Å². The molecule has 432 valence electrons. The Hall–Kier alpha value is -4.94. The van der Waals surface area contributed by atoms with E-state index in [2.05, 4.69) is 15.3 Å². The number of ether oxygens (including phenoxy) is 10. The number of unbranched alkanes of at least 4 members (excludes halogenated alkanes) is 2. The topological polar surface area (TPSA) is 372 Å². The molecule has 78 heavy (non-hydrogen) atoms. The van der Waals surface area contributed by atoms with Crippen LogP contribution in [0.4, 0.5) is 0 Å². The van der Waals surface area contributed by atoms with E-state index < -0.39 is 130 Å². The summed E-state index contributed by atoms with van der Waals surface area (Å²) in [5, 5.41) is 116. The molecule has 25 nitrogen and oxygen atoms in total. The number of rotatable bonds is 32. The summed E-state index contributed by atoms with van der Waals surface area (Å²) in [5.41, 5.74) is 10.5. The number of azide groups is 1. The maximum atomic E-state index is 13.0. The van der Waals surface area contributed by atoms with Gasteiger partial charge in [-0.25, -0.2) is 0 Å². The molecule has 0 aliphatic carbocycles. The van der Waals surface area contributed by atoms with Gasteiger partial charge in [-0.05, 0) is 30.4 Å². The van der Waals surface area contributed by atoms with Crippen molar-refractivity contribution < 1.29 is 103 Å². The summed E-state index contributed by atoms with van der Waals surface area (Å²) >= 11 is 0. The molecule has 3 aromatic rings. The minimum Gasteiger partial charge on any atom is -0.484 e. The van der Waals surface area contributed by atoms with Crippen molar-refractivity contribution in [3.05, 3.63) is 130 Å². The average Bonchev–Trinajstić information content (AvgIpc) is 3.79. The van der Waals surface area contributed by atoms with E-state index in [0.717, 1.165) is 6.92 Å². The fourth-order valence-corrected chi connectivity index (χ4v) is 8.96. The minimum atomic E-state index is -2.27. The van der Waals surface area contributed by atoms with Gasteiger partial charge in [-0.3, -0.25) is 4.79 Å². The first-order chi connectivity index (χ1) is 37.7. The predicted octanol–water partition coefficient (Wildman–Crippen LogP) is 1.46. The van der Waals surface area contributed by atoms with Gasteiger partial charge in [0, 0.05) is 48.8 Å². The number of hydrogen-bond acceptors (Lipinski definition) is 22. The number of aliphatic hydroxyl groups is 10. The van der Waals surface area contributed by atoms with E-state index in [1.165, 1.54) is 0 Å². The molecule has 3 aliphatic heterocycles. The fourth-order valence-electron chi connectivity index (χ4n) is 8.96. The molecule has 0 spiro atoms. The fraction of sp³-hybridized carbons (Fsp3) is 0.604. The summed E-state index contributed by atoms with van der Waals surface area (Å²) in [6.07, 6.45) is -25.3. The second-order valence-electron chi connectivity index (χ2n) is 18.9. The third-order valence-electron chi connectivity index (χ3n) is 12.9. The van der Waals surface area contributed by atoms with Gasteiger partial charge in [-0.1, -0.05) is 103 Å². The summed E-state index contributed by atoms with van der Waals surface area (Å²) in [7, 11) is 0. The molecule has 13 unspecified atom stereocenters. The van der Waals surface area contributed by atoms with Gasteiger partial charge in [0.1, 0.15) is 55.4 Å². The lowest BCUT2D eigenvalue weighted by molar-refractivity contribution is -0.291. The standard InChI is InChI=1S/C53H74N4O21/c1-31(60)56-41(44(75-48(66)37(63)27-35(61)26-36(62)28-58)39-20-24-70-51(73-39)33-16-8-3-9-17-33)49(67)76-46-42(65)53(77-43(46)38(64)29-59)78-45(40-21-25-71-52(74-40)34-18-10-4-11-19-34)47(72-30-32-14-6-2-7-15-32)50(68)69-23-13-5-12-22-55-57-54/h2-4,6-11,14-19,35-44,46,48-53,58-59,61-68H,5,12-13,20-30H2,1H3,(H,56,60)/b47-45-/t35?,36-,37-,38+,39?,40?,41?,42?,43?,44?,46?,48-,49?,50?,51?,52?,53?/m0/s1. The maximum Gasteiger partial charge on any atom is 0.229 e. The number of nitrogens with one attached hydrogen (secondary N) is 1. The first-order valence-corrected chi connectivity index (χ1v) is 25.9. The minimum absolute atomic E-state index is 0.00399. The van der Waals surface area contributed by atoms with Crippen LogP contribution in [0.2, 0.25) is 0 Å². The molecule has 3 saturated heterocycles. The summed E-state index contributed by atoms with van der Waals surface area (Å²) in [6, 6.07) is 24.8. The van der Waals surface area contributed by atoms with Crippen LogP contribution in [-0.2, 0) is 58.8 Å². The monoisotopic (exact) mass is 1100 g/mol. The van der Waals surface area contributed by atoms with Crippen molar-refractivity contribution in [1.82, 2.24) is 5.32 Å². The highest BCUT2D eigenvalue weighted by Gasteiger charge is 2.53. The lowest BCUT2D eigenvalue weighted by atomic mass is 9.99. The van der Waals surface area contributed by atoms with Gasteiger partial charge in [0.05, 0.1) is 51.3 Å². The molecule has 3 aliphatic rings. The number of carbonyl (C=O) groups excluding carboxylic acids is 1. The Labute approximate surface area is 451 Å². The largest absolute Gasteiger partial charge is 0.484 e. The summed E-state index contributed by atoms with van der Waals surface area (Å²) in [6.45, 7) is -0.274. The van der Waals surface area contributed by atoms with Crippen LogP contribution in [0.3, 0.4) is 0 Å². The molecule has 0 saturated carbocycles. The molecule has 0 radical (unpaired) electrons. The molecular weight excluding hydrogens is 1030 g/mol. The van der Waals surface area contributed by atoms with Gasteiger partial charge in [-0.15, -0.1) is 0 Å². The number of hydrogen-bond donors (Lipinski definition) is 11. The zero-order valence-electron chi connectivity index (χ0n) is 43.2. The van der Waals surface area contributed by atoms with Crippen LogP contribution in [-0.4, -0.2) is 189 Å². The van der Waals surface area contributed by atoms with Crippen LogP contribution in [0.5, 0.6) is 0 Å². The van der Waals surface area contributed by atoms with Crippen LogP contribution in [0.15, 0.2) is 108 Å². The van der Waals surface area contributed by atoms with E-state index in [1.54, 1.807) is 78.9 Å². The van der Waals surface area contributed by atoms with E-state index in [0.29, 0.717) is 36.0 Å². The van der Waals surface area contributed by atoms with Gasteiger partial charge >= 0.3 is 0 Å². The number of nitrogens with zero attached hydrogens (tertiary/aromatic N) is 3. The molecule has 1 amide bonds. The van der Waals surface area contributed by atoms with Gasteiger partial charge < -0.3 is 104 Å². The molecule has 25 heteroatoms. The highest BCUT2D eigenvalue weighted by Crippen LogP contribution is 2.38. The maximum absolute atomic E-state index is 13.0. The second-order valence-corrected chi connectivity index (χ2v) is 18.9. The molecule has 3 fully saturated rings. The Balaban J connectivity index is 1.34. The van der Waals surface area contributed by atoms with Gasteiger partial charge in [0.2, 0.25) is 18.5 Å². The Morgan fingerprint density at radius 2 is 1.42 bits per heavy atom. The van der Waals surface area contributed by atoms with E-state index >= 15 is 0 Å². The van der Waals surface area contributed by atoms with Crippen molar-refractivity contribution in [2.45, 2.75) is 163 Å². The van der Waals surface area contributed by atoms with E-state index in [4.69, 9.17) is 52.9 Å². The van der Waals surface area contributed by atoms with E-state index in [9.17, 15) is 55.9 Å². The zero-order valence-corrected chi connectivity index (χ0v) is 43.2. The van der Waals surface area contributed by atoms with Crippen LogP contribution in [0.25, 0.3) is 10.4 Å². The third kappa shape index (κ3) is 18.6. The Bertz CT molecular complexity index is 2270. The number of benzene rings is 3. The lowest BCUT2D eigenvalue weighted by Gasteiger charge is -2.41. The summed E-state index contributed by atoms with van der Waals surface area (Å²) in [4.78, 5) is 15.8. The molecule has 6 rings (SSSR count). The first kappa shape index (κ1) is 62.3. The Morgan fingerprint density at radius 1 is 0.782 bits per heavy atom. The summed E-state index contributed by atoms with van der Waals surface area (Å²) in [5.74, 6) is -1.29. The second kappa shape index (κ2) is 32.3. The zero-order chi connectivity index (χ0) is 56.0. The highest BCUT2D eigenvalue weighted by molar-refractivity contribution is 5.73. The molecule has 17 atom stereocenters. The Morgan fingerprint density at radius 3 is 2.05 bits per heavy atom. The van der Waals surface area contributed by atoms with E-state index in [-0.39, 0.29) is 63.8 Å². The van der Waals surface area contributed by atoms with Crippen molar-refractivity contribution in [2.24, 2.45) is 5.11 Å². The third-order valence-corrected chi connectivity index (χ3v) is 12.9. The Kier molecular flexibility index (Phi) is 25.8. The smallest absolute Gasteiger partial charge is 0.229 e. The average molecular weight is 1100 g/mol. The quantitative estimate of drug-likeness (QED) is 0.0105. The molecule has 3 heterocycles. The van der Waals surface area contributed by atoms with Crippen molar-refractivity contribution in [1.29, 1.82) is 0 Å². The van der Waals surface area contributed by atoms with Gasteiger partial charge in [0.25, 0.3) is 0 Å².